The van der Waals surface area contributed by atoms with E-state index >= 15 is 0 Å². The normalized spacial score (nSPS) is 11.8. The minimum absolute atomic E-state index is 0.0348. The third-order valence-electron chi connectivity index (χ3n) is 5.06. The van der Waals surface area contributed by atoms with Gasteiger partial charge < -0.3 is 19.8 Å². The second-order valence-electron chi connectivity index (χ2n) is 8.55. The molecule has 0 saturated carbocycles. The van der Waals surface area contributed by atoms with Gasteiger partial charge in [-0.05, 0) is 68.7 Å². The van der Waals surface area contributed by atoms with E-state index in [2.05, 4.69) is 22.1 Å². The molecule has 7 heteroatoms. The Kier molecular flexibility index (Phi) is 5.05. The highest BCUT2D eigenvalue weighted by molar-refractivity contribution is 6.13. The maximum Gasteiger partial charge on any atom is 0.326 e. The Hall–Kier alpha value is -3.61. The van der Waals surface area contributed by atoms with E-state index in [1.165, 1.54) is 6.33 Å². The van der Waals surface area contributed by atoms with Crippen LogP contribution in [0.15, 0.2) is 42.7 Å². The van der Waals surface area contributed by atoms with Gasteiger partial charge in [0.05, 0.1) is 18.0 Å². The first-order valence-electron chi connectivity index (χ1n) is 10.1. The van der Waals surface area contributed by atoms with Crippen LogP contribution >= 0.6 is 0 Å². The van der Waals surface area contributed by atoms with Crippen molar-refractivity contribution in [3.8, 4) is 16.9 Å². The van der Waals surface area contributed by atoms with E-state index < -0.39 is 5.60 Å². The van der Waals surface area contributed by atoms with Crippen LogP contribution in [0.25, 0.3) is 33.1 Å². The van der Waals surface area contributed by atoms with Gasteiger partial charge in [0.1, 0.15) is 35.7 Å². The molecule has 31 heavy (non-hydrogen) atoms. The Bertz CT molecular complexity index is 1300. The van der Waals surface area contributed by atoms with Crippen LogP contribution in [-0.2, 0) is 16.1 Å². The van der Waals surface area contributed by atoms with Gasteiger partial charge in [-0.3, -0.25) is 4.79 Å². The molecule has 160 valence electrons. The Balaban J connectivity index is 1.94. The first kappa shape index (κ1) is 20.7. The number of esters is 1. The Morgan fingerprint density at radius 2 is 1.90 bits per heavy atom. The zero-order chi connectivity index (χ0) is 22.3. The highest BCUT2D eigenvalue weighted by atomic mass is 16.6. The van der Waals surface area contributed by atoms with E-state index in [0.717, 1.165) is 38.7 Å². The van der Waals surface area contributed by atoms with Crippen LogP contribution in [-0.4, -0.2) is 33.2 Å². The lowest BCUT2D eigenvalue weighted by molar-refractivity contribution is -0.155. The average molecular weight is 418 g/mol. The summed E-state index contributed by atoms with van der Waals surface area (Å²) in [7, 11) is 1.65. The molecule has 0 aliphatic rings. The lowest BCUT2D eigenvalue weighted by Crippen LogP contribution is -2.26. The van der Waals surface area contributed by atoms with E-state index in [1.54, 1.807) is 7.11 Å². The molecule has 2 heterocycles. The third-order valence-corrected chi connectivity index (χ3v) is 5.06. The number of hydrogen-bond acceptors (Lipinski definition) is 6. The monoisotopic (exact) mass is 418 g/mol. The van der Waals surface area contributed by atoms with Crippen molar-refractivity contribution in [1.82, 2.24) is 14.5 Å². The van der Waals surface area contributed by atoms with Crippen LogP contribution in [0.5, 0.6) is 5.75 Å². The molecule has 0 unspecified atom stereocenters. The van der Waals surface area contributed by atoms with Crippen LogP contribution in [0, 0.1) is 6.92 Å². The summed E-state index contributed by atoms with van der Waals surface area (Å²) in [4.78, 5) is 21.3. The number of ether oxygens (including phenoxy) is 2. The molecule has 0 bridgehead atoms. The van der Waals surface area contributed by atoms with Crippen LogP contribution in [0.4, 0.5) is 5.82 Å². The molecule has 0 aliphatic carbocycles. The van der Waals surface area contributed by atoms with Crippen LogP contribution in [0.1, 0.15) is 26.3 Å². The predicted molar refractivity (Wildman–Crippen MR) is 122 cm³/mol. The highest BCUT2D eigenvalue weighted by Gasteiger charge is 2.22. The van der Waals surface area contributed by atoms with Gasteiger partial charge in [0.25, 0.3) is 0 Å². The van der Waals surface area contributed by atoms with Crippen molar-refractivity contribution in [3.05, 3.63) is 48.3 Å². The smallest absolute Gasteiger partial charge is 0.326 e. The van der Waals surface area contributed by atoms with Gasteiger partial charge in [-0.15, -0.1) is 0 Å². The summed E-state index contributed by atoms with van der Waals surface area (Å²) in [6.45, 7) is 7.60. The highest BCUT2D eigenvalue weighted by Crippen LogP contribution is 2.36. The Morgan fingerprint density at radius 3 is 2.61 bits per heavy atom. The van der Waals surface area contributed by atoms with Crippen molar-refractivity contribution in [1.29, 1.82) is 0 Å². The molecule has 0 amide bonds. The van der Waals surface area contributed by atoms with Gasteiger partial charge in [-0.2, -0.15) is 0 Å². The maximum atomic E-state index is 12.6. The Morgan fingerprint density at radius 1 is 1.13 bits per heavy atom. The van der Waals surface area contributed by atoms with Crippen LogP contribution < -0.4 is 10.5 Å². The van der Waals surface area contributed by atoms with Crippen molar-refractivity contribution in [2.24, 2.45) is 0 Å². The fraction of sp³-hybridized carbons (Fsp3) is 0.292. The number of nitrogens with two attached hydrogens (primary N) is 1. The van der Waals surface area contributed by atoms with E-state index in [0.29, 0.717) is 11.5 Å². The van der Waals surface area contributed by atoms with Gasteiger partial charge in [-0.1, -0.05) is 12.1 Å². The quantitative estimate of drug-likeness (QED) is 0.491. The molecule has 2 aromatic carbocycles. The third kappa shape index (κ3) is 3.91. The molecule has 4 aromatic rings. The largest absolute Gasteiger partial charge is 0.497 e. The van der Waals surface area contributed by atoms with E-state index in [9.17, 15) is 4.79 Å². The minimum Gasteiger partial charge on any atom is -0.497 e. The number of carbonyl (C=O) groups excluding carboxylic acids is 1. The summed E-state index contributed by atoms with van der Waals surface area (Å²) >= 11 is 0. The minimum atomic E-state index is -0.571. The SMILES string of the molecule is COc1cccc(-c2cc(C)c3c(c2)c2c(N)ncnc2n3CC(=O)OC(C)(C)C)c1. The van der Waals surface area contributed by atoms with Crippen LogP contribution in [0.2, 0.25) is 0 Å². The number of benzene rings is 2. The van der Waals surface area contributed by atoms with Gasteiger partial charge in [0.15, 0.2) is 0 Å². The Labute approximate surface area is 180 Å². The number of aryl methyl sites for hydroxylation is 1. The lowest BCUT2D eigenvalue weighted by Gasteiger charge is -2.20. The molecule has 0 fully saturated rings. The van der Waals surface area contributed by atoms with Crippen molar-refractivity contribution in [2.75, 3.05) is 12.8 Å². The van der Waals surface area contributed by atoms with Gasteiger partial charge in [-0.25, -0.2) is 9.97 Å². The number of nitrogens with zero attached hydrogens (tertiary/aromatic N) is 3. The first-order valence-corrected chi connectivity index (χ1v) is 10.1. The summed E-state index contributed by atoms with van der Waals surface area (Å²) in [5.74, 6) is 0.824. The first-order chi connectivity index (χ1) is 14.7. The molecule has 2 aromatic heterocycles. The van der Waals surface area contributed by atoms with Crippen molar-refractivity contribution in [2.45, 2.75) is 39.8 Å². The summed E-state index contributed by atoms with van der Waals surface area (Å²) in [6.07, 6.45) is 1.42. The number of aromatic nitrogens is 3. The fourth-order valence-electron chi connectivity index (χ4n) is 3.91. The number of rotatable bonds is 4. The van der Waals surface area contributed by atoms with Crippen LogP contribution in [0.3, 0.4) is 0 Å². The molecule has 0 saturated heterocycles. The summed E-state index contributed by atoms with van der Waals surface area (Å²) in [6, 6.07) is 12.0. The van der Waals surface area contributed by atoms with Crippen molar-refractivity contribution in [3.63, 3.8) is 0 Å². The van der Waals surface area contributed by atoms with E-state index in [-0.39, 0.29) is 12.5 Å². The number of anilines is 1. The van der Waals surface area contributed by atoms with Crippen molar-refractivity contribution < 1.29 is 14.3 Å². The topological polar surface area (TPSA) is 92.3 Å². The van der Waals surface area contributed by atoms with E-state index in [1.807, 2.05) is 56.5 Å². The second kappa shape index (κ2) is 7.58. The number of nitrogen functional groups attached to an aromatic ring is 1. The molecular weight excluding hydrogens is 392 g/mol. The molecule has 0 spiro atoms. The fourth-order valence-corrected chi connectivity index (χ4v) is 3.91. The zero-order valence-corrected chi connectivity index (χ0v) is 18.4. The molecule has 0 atom stereocenters. The van der Waals surface area contributed by atoms with Gasteiger partial charge in [0, 0.05) is 5.39 Å². The van der Waals surface area contributed by atoms with Crippen molar-refractivity contribution >= 4 is 33.7 Å². The zero-order valence-electron chi connectivity index (χ0n) is 18.4. The standard InChI is InChI=1S/C24H26N4O3/c1-14-9-16(15-7-6-8-17(10-15)30-5)11-18-20-22(25)26-13-27-23(20)28(21(14)18)12-19(29)31-24(2,3)4/h6-11,13H,12H2,1-5H3,(H2,25,26,27). The summed E-state index contributed by atoms with van der Waals surface area (Å²) in [5.41, 5.74) is 10.2. The molecule has 0 radical (unpaired) electrons. The summed E-state index contributed by atoms with van der Waals surface area (Å²) in [5, 5.41) is 1.63. The molecule has 2 N–H and O–H groups in total. The number of hydrogen-bond donors (Lipinski definition) is 1. The summed E-state index contributed by atoms with van der Waals surface area (Å²) < 4.78 is 12.8. The molecular formula is C24H26N4O3. The van der Waals surface area contributed by atoms with Gasteiger partial charge >= 0.3 is 5.97 Å². The lowest BCUT2D eigenvalue weighted by atomic mass is 10.00. The molecule has 0 aliphatic heterocycles. The number of carbonyl (C=O) groups is 1. The molecule has 7 nitrogen and oxygen atoms in total. The second-order valence-corrected chi connectivity index (χ2v) is 8.55. The van der Waals surface area contributed by atoms with E-state index in [4.69, 9.17) is 15.2 Å². The molecule has 4 rings (SSSR count). The number of methoxy groups -OCH3 is 1. The maximum absolute atomic E-state index is 12.6. The van der Waals surface area contributed by atoms with Gasteiger partial charge in [0.2, 0.25) is 0 Å². The number of fused-ring (bicyclic) bond motifs is 3. The predicted octanol–water partition coefficient (Wildman–Crippen LogP) is 4.49. The average Bonchev–Trinajstić information content (AvgIpc) is 3.02.